The largest absolute Gasteiger partial charge is 0.481 e. The topological polar surface area (TPSA) is 40.5 Å². The molecule has 0 aliphatic rings. The number of carbonyl (C=O) groups is 1. The van der Waals surface area contributed by atoms with Crippen molar-refractivity contribution in [1.29, 1.82) is 0 Å². The summed E-state index contributed by atoms with van der Waals surface area (Å²) in [5.74, 6) is -1.40. The van der Waals surface area contributed by atoms with Crippen LogP contribution in [0.25, 0.3) is 0 Å². The van der Waals surface area contributed by atoms with Crippen LogP contribution in [0.3, 0.4) is 0 Å². The van der Waals surface area contributed by atoms with E-state index < -0.39 is 11.9 Å². The Morgan fingerprint density at radius 1 is 1.26 bits per heavy atom. The molecular formula is C14H19Cl2NO2. The van der Waals surface area contributed by atoms with Gasteiger partial charge >= 0.3 is 5.97 Å². The molecule has 0 aliphatic carbocycles. The van der Waals surface area contributed by atoms with Gasteiger partial charge in [-0.15, -0.1) is 0 Å². The molecule has 1 unspecified atom stereocenters. The van der Waals surface area contributed by atoms with Gasteiger partial charge in [-0.25, -0.2) is 0 Å². The molecule has 0 saturated heterocycles. The fraction of sp³-hybridized carbons (Fsp3) is 0.500. The minimum absolute atomic E-state index is 0.536. The molecule has 0 spiro atoms. The van der Waals surface area contributed by atoms with Crippen molar-refractivity contribution in [3.8, 4) is 0 Å². The number of hydrogen-bond acceptors (Lipinski definition) is 2. The van der Waals surface area contributed by atoms with Crippen molar-refractivity contribution in [3.63, 3.8) is 0 Å². The van der Waals surface area contributed by atoms with Crippen LogP contribution in [0.4, 0.5) is 5.69 Å². The number of benzene rings is 1. The molecule has 0 aliphatic heterocycles. The van der Waals surface area contributed by atoms with Gasteiger partial charge in [0.05, 0.1) is 11.6 Å². The normalized spacial score (nSPS) is 12.2. The highest BCUT2D eigenvalue weighted by molar-refractivity contribution is 6.49. The predicted molar refractivity (Wildman–Crippen MR) is 79.8 cm³/mol. The maximum atomic E-state index is 11.4. The number of carboxylic acids is 1. The number of carboxylic acid groups (broad SMARTS) is 1. The molecule has 0 heterocycles. The molecule has 1 aromatic carbocycles. The van der Waals surface area contributed by atoms with Gasteiger partial charge < -0.3 is 5.11 Å². The summed E-state index contributed by atoms with van der Waals surface area (Å²) in [7, 11) is 0. The van der Waals surface area contributed by atoms with Crippen LogP contribution in [-0.2, 0) is 4.79 Å². The van der Waals surface area contributed by atoms with E-state index in [2.05, 4.69) is 6.92 Å². The van der Waals surface area contributed by atoms with Crippen LogP contribution in [0.2, 0.25) is 0 Å². The number of unbranched alkanes of at least 4 members (excludes halogenated alkanes) is 3. The first kappa shape index (κ1) is 16.1. The first-order chi connectivity index (χ1) is 9.07. The highest BCUT2D eigenvalue weighted by Crippen LogP contribution is 2.33. The average molecular weight is 304 g/mol. The van der Waals surface area contributed by atoms with Crippen LogP contribution in [0.15, 0.2) is 24.3 Å². The van der Waals surface area contributed by atoms with E-state index in [-0.39, 0.29) is 0 Å². The highest BCUT2D eigenvalue weighted by Gasteiger charge is 2.23. The maximum absolute atomic E-state index is 11.4. The minimum atomic E-state index is -0.834. The molecule has 5 heteroatoms. The van der Waals surface area contributed by atoms with Crippen molar-refractivity contribution in [1.82, 2.24) is 0 Å². The zero-order chi connectivity index (χ0) is 14.3. The first-order valence-electron chi connectivity index (χ1n) is 6.51. The van der Waals surface area contributed by atoms with Gasteiger partial charge in [-0.1, -0.05) is 50.8 Å². The van der Waals surface area contributed by atoms with Crippen LogP contribution in [-0.4, -0.2) is 11.1 Å². The summed E-state index contributed by atoms with van der Waals surface area (Å²) < 4.78 is 0.928. The van der Waals surface area contributed by atoms with Gasteiger partial charge in [-0.2, -0.15) is 3.94 Å². The molecule has 106 valence electrons. The van der Waals surface area contributed by atoms with Crippen molar-refractivity contribution in [3.05, 3.63) is 29.8 Å². The lowest BCUT2D eigenvalue weighted by Crippen LogP contribution is -2.14. The quantitative estimate of drug-likeness (QED) is 0.546. The number of anilines is 1. The van der Waals surface area contributed by atoms with Crippen molar-refractivity contribution >= 4 is 35.2 Å². The summed E-state index contributed by atoms with van der Waals surface area (Å²) in [5, 5.41) is 9.38. The van der Waals surface area contributed by atoms with E-state index in [0.29, 0.717) is 17.7 Å². The number of para-hydroxylation sites is 1. The smallest absolute Gasteiger partial charge is 0.311 e. The molecule has 0 bridgehead atoms. The maximum Gasteiger partial charge on any atom is 0.311 e. The Bertz CT molecular complexity index is 410. The highest BCUT2D eigenvalue weighted by atomic mass is 35.5. The molecule has 1 aromatic rings. The van der Waals surface area contributed by atoms with Crippen LogP contribution < -0.4 is 3.94 Å². The van der Waals surface area contributed by atoms with Gasteiger partial charge in [0, 0.05) is 23.6 Å². The Hall–Kier alpha value is -0.930. The molecule has 3 nitrogen and oxygen atoms in total. The van der Waals surface area contributed by atoms with E-state index in [1.807, 2.05) is 0 Å². The molecule has 0 amide bonds. The van der Waals surface area contributed by atoms with Crippen molar-refractivity contribution in [2.24, 2.45) is 0 Å². The Morgan fingerprint density at radius 2 is 1.95 bits per heavy atom. The van der Waals surface area contributed by atoms with Gasteiger partial charge in [-0.05, 0) is 18.1 Å². The predicted octanol–water partition coefficient (Wildman–Crippen LogP) is 4.94. The van der Waals surface area contributed by atoms with E-state index in [1.165, 1.54) is 0 Å². The van der Waals surface area contributed by atoms with E-state index in [1.54, 1.807) is 24.3 Å². The zero-order valence-corrected chi connectivity index (χ0v) is 12.5. The van der Waals surface area contributed by atoms with Crippen LogP contribution >= 0.6 is 23.6 Å². The van der Waals surface area contributed by atoms with Crippen molar-refractivity contribution in [2.45, 2.75) is 44.9 Å². The van der Waals surface area contributed by atoms with Gasteiger partial charge in [0.15, 0.2) is 0 Å². The molecule has 1 N–H and O–H groups in total. The molecule has 0 aromatic heterocycles. The second-order valence-corrected chi connectivity index (χ2v) is 5.38. The number of rotatable bonds is 8. The van der Waals surface area contributed by atoms with E-state index in [0.717, 1.165) is 29.6 Å². The third kappa shape index (κ3) is 4.92. The van der Waals surface area contributed by atoms with Gasteiger partial charge in [0.25, 0.3) is 0 Å². The molecule has 1 rings (SSSR count). The lowest BCUT2D eigenvalue weighted by molar-refractivity contribution is -0.139. The Labute approximate surface area is 124 Å². The average Bonchev–Trinajstić information content (AvgIpc) is 2.38. The molecule has 19 heavy (non-hydrogen) atoms. The van der Waals surface area contributed by atoms with Crippen LogP contribution in [0.1, 0.15) is 50.5 Å². The zero-order valence-electron chi connectivity index (χ0n) is 11.0. The van der Waals surface area contributed by atoms with Gasteiger partial charge in [0.1, 0.15) is 0 Å². The standard InChI is InChI=1S/C14H19Cl2NO2/c1-2-3-4-5-9-12(14(18)19)11-8-6-7-10-13(11)17(15)16/h6-8,10,12H,2-5,9H2,1H3,(H,18,19). The SMILES string of the molecule is CCCCCCC(C(=O)O)c1ccccc1N(Cl)Cl. The van der Waals surface area contributed by atoms with E-state index >= 15 is 0 Å². The van der Waals surface area contributed by atoms with Crippen LogP contribution in [0, 0.1) is 0 Å². The first-order valence-corrected chi connectivity index (χ1v) is 7.19. The minimum Gasteiger partial charge on any atom is -0.481 e. The van der Waals surface area contributed by atoms with Gasteiger partial charge in [0.2, 0.25) is 0 Å². The van der Waals surface area contributed by atoms with Crippen molar-refractivity contribution in [2.75, 3.05) is 3.94 Å². The summed E-state index contributed by atoms with van der Waals surface area (Å²) in [6.07, 6.45) is 4.81. The second-order valence-electron chi connectivity index (χ2n) is 4.53. The van der Waals surface area contributed by atoms with E-state index in [9.17, 15) is 9.90 Å². The summed E-state index contributed by atoms with van der Waals surface area (Å²) in [4.78, 5) is 11.4. The molecule has 0 radical (unpaired) electrons. The Kier molecular flexibility index (Phi) is 7.03. The molecular weight excluding hydrogens is 285 g/mol. The lowest BCUT2D eigenvalue weighted by Gasteiger charge is -2.18. The number of aliphatic carboxylic acids is 1. The summed E-state index contributed by atoms with van der Waals surface area (Å²) in [6, 6.07) is 7.08. The third-order valence-corrected chi connectivity index (χ3v) is 3.50. The number of nitrogens with zero attached hydrogens (tertiary/aromatic N) is 1. The fourth-order valence-electron chi connectivity index (χ4n) is 2.12. The van der Waals surface area contributed by atoms with Gasteiger partial charge in [-0.3, -0.25) is 4.79 Å². The van der Waals surface area contributed by atoms with E-state index in [4.69, 9.17) is 23.6 Å². The van der Waals surface area contributed by atoms with Crippen molar-refractivity contribution < 1.29 is 9.90 Å². The molecule has 1 atom stereocenters. The lowest BCUT2D eigenvalue weighted by atomic mass is 9.92. The third-order valence-electron chi connectivity index (χ3n) is 3.14. The Balaban J connectivity index is 2.84. The summed E-state index contributed by atoms with van der Waals surface area (Å²) >= 11 is 11.5. The number of halogens is 2. The summed E-state index contributed by atoms with van der Waals surface area (Å²) in [6.45, 7) is 2.13. The fourth-order valence-corrected chi connectivity index (χ4v) is 2.43. The summed E-state index contributed by atoms with van der Waals surface area (Å²) in [5.41, 5.74) is 1.20. The van der Waals surface area contributed by atoms with Crippen LogP contribution in [0.5, 0.6) is 0 Å². The molecule has 0 fully saturated rings. The second kappa shape index (κ2) is 8.28. The number of hydrogen-bond donors (Lipinski definition) is 1. The molecule has 0 saturated carbocycles. The Morgan fingerprint density at radius 3 is 2.53 bits per heavy atom. The monoisotopic (exact) mass is 303 g/mol.